The molecule has 0 amide bonds. The van der Waals surface area contributed by atoms with Gasteiger partial charge in [0, 0.05) is 0 Å². The van der Waals surface area contributed by atoms with E-state index in [0.29, 0.717) is 0 Å². The summed E-state index contributed by atoms with van der Waals surface area (Å²) in [4.78, 5) is 19.5. The van der Waals surface area contributed by atoms with Crippen LogP contribution >= 0.6 is 0 Å². The summed E-state index contributed by atoms with van der Waals surface area (Å²) < 4.78 is 6.32. The molecule has 0 atom stereocenters. The van der Waals surface area contributed by atoms with E-state index in [2.05, 4.69) is 45.5 Å². The van der Waals surface area contributed by atoms with Gasteiger partial charge in [0.15, 0.2) is 0 Å². The van der Waals surface area contributed by atoms with Gasteiger partial charge in [-0.15, -0.1) is 0 Å². The Morgan fingerprint density at radius 3 is 1.48 bits per heavy atom. The molecule has 6 rings (SSSR count). The number of aromatic nitrogens is 6. The predicted octanol–water partition coefficient (Wildman–Crippen LogP) is 3.38. The molecule has 0 saturated carbocycles. The second-order valence-electron chi connectivity index (χ2n) is 7.82. The number of pyridine rings is 4. The summed E-state index contributed by atoms with van der Waals surface area (Å²) in [6.45, 7) is 4.00. The van der Waals surface area contributed by atoms with Crippen molar-refractivity contribution in [2.75, 3.05) is 0 Å². The molecule has 0 aliphatic carbocycles. The van der Waals surface area contributed by atoms with Gasteiger partial charge in [0.25, 0.3) is 0 Å². The molecule has 0 aliphatic rings. The van der Waals surface area contributed by atoms with E-state index in [0.717, 1.165) is 54.6 Å². The van der Waals surface area contributed by atoms with Crippen LogP contribution in [0.4, 0.5) is 0 Å². The molecule has 6 nitrogen and oxygen atoms in total. The normalized spacial score (nSPS) is 11.5. The summed E-state index contributed by atoms with van der Waals surface area (Å²) in [5.74, 6) is 1.71. The van der Waals surface area contributed by atoms with E-state index < -0.39 is 0 Å². The van der Waals surface area contributed by atoms with Crippen molar-refractivity contribution < 1.29 is 0 Å². The van der Waals surface area contributed by atoms with Crippen LogP contribution in [-0.4, -0.2) is 43.7 Å². The van der Waals surface area contributed by atoms with E-state index in [1.165, 1.54) is 0 Å². The molecular weight excluding hydrogens is 475 g/mol. The molecule has 33 heavy (non-hydrogen) atoms. The molecule has 6 heterocycles. The molecule has 0 N–H and O–H groups in total. The van der Waals surface area contributed by atoms with E-state index in [4.69, 9.17) is 19.9 Å². The number of hydrogen-bond acceptors (Lipinski definition) is 4. The summed E-state index contributed by atoms with van der Waals surface area (Å²) in [6.07, 6.45) is 4.10. The minimum absolute atomic E-state index is 0.108. The Balaban J connectivity index is 1.51. The van der Waals surface area contributed by atoms with Crippen molar-refractivity contribution in [3.8, 4) is 23.0 Å². The first kappa shape index (κ1) is 19.9. The van der Waals surface area contributed by atoms with Crippen LogP contribution in [0.5, 0.6) is 0 Å². The molecular formula is C26H20N6Se. The second-order valence-corrected chi connectivity index (χ2v) is 9.87. The summed E-state index contributed by atoms with van der Waals surface area (Å²) in [6, 6.07) is 24.5. The SMILES string of the molecule is Cc1cccc(-c2nc([Se]c3nc(-c4cccc(C)n4)n4ccccc34)c3ccccn23)n1. The van der Waals surface area contributed by atoms with Crippen LogP contribution in [0.3, 0.4) is 0 Å². The third-order valence-electron chi connectivity index (χ3n) is 5.46. The molecule has 0 bridgehead atoms. The van der Waals surface area contributed by atoms with E-state index in [1.807, 2.05) is 62.4 Å². The molecule has 0 fully saturated rings. The summed E-state index contributed by atoms with van der Waals surface area (Å²) in [7, 11) is 0. The average molecular weight is 495 g/mol. The molecule has 0 saturated heterocycles. The van der Waals surface area contributed by atoms with Crippen molar-refractivity contribution in [3.63, 3.8) is 0 Å². The molecule has 0 radical (unpaired) electrons. The third kappa shape index (κ3) is 3.52. The molecule has 0 aromatic carbocycles. The molecule has 6 aromatic heterocycles. The summed E-state index contributed by atoms with van der Waals surface area (Å²) >= 11 is -0.108. The molecule has 7 heteroatoms. The van der Waals surface area contributed by atoms with Crippen molar-refractivity contribution in [1.29, 1.82) is 0 Å². The number of hydrogen-bond donors (Lipinski definition) is 0. The number of nitrogens with zero attached hydrogens (tertiary/aromatic N) is 6. The Morgan fingerprint density at radius 2 is 1.03 bits per heavy atom. The van der Waals surface area contributed by atoms with E-state index >= 15 is 0 Å². The van der Waals surface area contributed by atoms with Crippen LogP contribution in [0, 0.1) is 13.8 Å². The van der Waals surface area contributed by atoms with Crippen molar-refractivity contribution in [1.82, 2.24) is 28.7 Å². The summed E-state index contributed by atoms with van der Waals surface area (Å²) in [5.41, 5.74) is 5.87. The number of aryl methyl sites for hydroxylation is 2. The standard InChI is InChI=1S/C26H20N6Se/c1-17-9-7-11-19(27-17)23-29-25(21-13-3-5-15-31(21)23)33-26-22-14-4-6-16-32(22)24(30-26)20-12-8-10-18(2)28-20/h3-16H,1-2H3. The molecule has 6 aromatic rings. The zero-order valence-corrected chi connectivity index (χ0v) is 19.9. The zero-order valence-electron chi connectivity index (χ0n) is 18.2. The van der Waals surface area contributed by atoms with Gasteiger partial charge in [-0.25, -0.2) is 0 Å². The fraction of sp³-hybridized carbons (Fsp3) is 0.0769. The molecule has 0 spiro atoms. The minimum atomic E-state index is -0.108. The first-order valence-electron chi connectivity index (χ1n) is 10.7. The van der Waals surface area contributed by atoms with Crippen molar-refractivity contribution in [2.24, 2.45) is 0 Å². The topological polar surface area (TPSA) is 60.4 Å². The number of rotatable bonds is 4. The van der Waals surface area contributed by atoms with Gasteiger partial charge in [-0.05, 0) is 0 Å². The van der Waals surface area contributed by atoms with Gasteiger partial charge in [-0.1, -0.05) is 0 Å². The molecule has 0 unspecified atom stereocenters. The van der Waals surface area contributed by atoms with E-state index in [1.54, 1.807) is 0 Å². The number of fused-ring (bicyclic) bond motifs is 2. The summed E-state index contributed by atoms with van der Waals surface area (Å²) in [5, 5.41) is 0. The molecule has 160 valence electrons. The first-order valence-corrected chi connectivity index (χ1v) is 12.4. The van der Waals surface area contributed by atoms with Gasteiger partial charge in [0.05, 0.1) is 0 Å². The Hall–Kier alpha value is -3.80. The predicted molar refractivity (Wildman–Crippen MR) is 131 cm³/mol. The monoisotopic (exact) mass is 496 g/mol. The van der Waals surface area contributed by atoms with Crippen molar-refractivity contribution in [2.45, 2.75) is 13.8 Å². The number of imidazole rings is 2. The van der Waals surface area contributed by atoms with Gasteiger partial charge in [0.1, 0.15) is 0 Å². The van der Waals surface area contributed by atoms with Gasteiger partial charge >= 0.3 is 197 Å². The van der Waals surface area contributed by atoms with Gasteiger partial charge in [-0.3, -0.25) is 0 Å². The van der Waals surface area contributed by atoms with Crippen LogP contribution in [0.25, 0.3) is 34.1 Å². The van der Waals surface area contributed by atoms with Crippen LogP contribution in [0.1, 0.15) is 11.4 Å². The Bertz CT molecular complexity index is 1510. The van der Waals surface area contributed by atoms with Crippen molar-refractivity contribution >= 4 is 35.2 Å². The van der Waals surface area contributed by atoms with E-state index in [-0.39, 0.29) is 15.0 Å². The maximum absolute atomic E-state index is 5.06. The molecule has 0 aliphatic heterocycles. The van der Waals surface area contributed by atoms with Crippen molar-refractivity contribution in [3.05, 3.63) is 96.6 Å². The van der Waals surface area contributed by atoms with Crippen LogP contribution < -0.4 is 9.18 Å². The van der Waals surface area contributed by atoms with Gasteiger partial charge < -0.3 is 0 Å². The third-order valence-corrected chi connectivity index (χ3v) is 7.53. The van der Waals surface area contributed by atoms with Gasteiger partial charge in [-0.2, -0.15) is 0 Å². The average Bonchev–Trinajstić information content (AvgIpc) is 3.39. The quantitative estimate of drug-likeness (QED) is 0.352. The van der Waals surface area contributed by atoms with Crippen LogP contribution in [-0.2, 0) is 0 Å². The van der Waals surface area contributed by atoms with Gasteiger partial charge in [0.2, 0.25) is 0 Å². The zero-order chi connectivity index (χ0) is 22.4. The first-order chi connectivity index (χ1) is 16.2. The fourth-order valence-electron chi connectivity index (χ4n) is 3.96. The Kier molecular flexibility index (Phi) is 4.79. The van der Waals surface area contributed by atoms with Crippen LogP contribution in [0.15, 0.2) is 85.2 Å². The maximum atomic E-state index is 5.06. The Labute approximate surface area is 197 Å². The van der Waals surface area contributed by atoms with Crippen LogP contribution in [0.2, 0.25) is 0 Å². The van der Waals surface area contributed by atoms with E-state index in [9.17, 15) is 0 Å². The Morgan fingerprint density at radius 1 is 0.545 bits per heavy atom. The second kappa shape index (κ2) is 7.96. The fourth-order valence-corrected chi connectivity index (χ4v) is 6.03.